The fraction of sp³-hybridized carbons (Fsp3) is 0.385. The summed E-state index contributed by atoms with van der Waals surface area (Å²) in [6.07, 6.45) is 9.51. The summed E-state index contributed by atoms with van der Waals surface area (Å²) >= 11 is 0. The Bertz CT molecular complexity index is 1070. The zero-order valence-electron chi connectivity index (χ0n) is 18.5. The Morgan fingerprint density at radius 2 is 1.59 bits per heavy atom. The monoisotopic (exact) mass is 438 g/mol. The van der Waals surface area contributed by atoms with E-state index in [0.29, 0.717) is 12.4 Å². The van der Waals surface area contributed by atoms with E-state index >= 15 is 0 Å². The van der Waals surface area contributed by atoms with Crippen molar-refractivity contribution in [2.75, 3.05) is 6.61 Å². The van der Waals surface area contributed by atoms with Gasteiger partial charge in [0.2, 0.25) is 0 Å². The Hall–Kier alpha value is -3.28. The van der Waals surface area contributed by atoms with Crippen LogP contribution in [0.1, 0.15) is 68.6 Å². The van der Waals surface area contributed by atoms with E-state index in [1.165, 1.54) is 38.5 Å². The summed E-state index contributed by atoms with van der Waals surface area (Å²) in [5.74, 6) is -1.36. The van der Waals surface area contributed by atoms with Crippen molar-refractivity contribution in [1.29, 1.82) is 0 Å². The summed E-state index contributed by atoms with van der Waals surface area (Å²) in [7, 11) is 0. The summed E-state index contributed by atoms with van der Waals surface area (Å²) in [5.41, 5.74) is -0.551. The molecule has 6 heteroatoms. The van der Waals surface area contributed by atoms with Gasteiger partial charge in [-0.1, -0.05) is 76.1 Å². The standard InChI is InChI=1S/C26H30O6/c1-2-3-4-5-6-7-8-12-18-30-21-17-13-16-20-22(27)24(26(29)31-23(20)21)32-25(28)19-14-10-9-11-15-19/h9-11,13-17,27H,2-8,12,18H2,1H3. The van der Waals surface area contributed by atoms with Crippen LogP contribution in [0.15, 0.2) is 57.7 Å². The number of hydrogen-bond donors (Lipinski definition) is 1. The van der Waals surface area contributed by atoms with Gasteiger partial charge in [0.05, 0.1) is 17.6 Å². The number of carbonyl (C=O) groups excluding carboxylic acids is 1. The van der Waals surface area contributed by atoms with E-state index in [1.807, 2.05) is 0 Å². The highest BCUT2D eigenvalue weighted by Crippen LogP contribution is 2.36. The van der Waals surface area contributed by atoms with Crippen molar-refractivity contribution in [2.45, 2.75) is 58.3 Å². The van der Waals surface area contributed by atoms with E-state index in [4.69, 9.17) is 13.9 Å². The van der Waals surface area contributed by atoms with Crippen LogP contribution in [0.25, 0.3) is 11.0 Å². The molecule has 0 saturated carbocycles. The maximum Gasteiger partial charge on any atom is 0.383 e. The molecule has 0 aliphatic heterocycles. The van der Waals surface area contributed by atoms with Crippen LogP contribution >= 0.6 is 0 Å². The van der Waals surface area contributed by atoms with Gasteiger partial charge in [-0.3, -0.25) is 0 Å². The van der Waals surface area contributed by atoms with Gasteiger partial charge < -0.3 is 19.0 Å². The summed E-state index contributed by atoms with van der Waals surface area (Å²) in [6.45, 7) is 2.70. The highest BCUT2D eigenvalue weighted by atomic mass is 16.6. The van der Waals surface area contributed by atoms with E-state index in [-0.39, 0.29) is 16.5 Å². The molecule has 0 aliphatic rings. The molecule has 3 rings (SSSR count). The molecule has 1 heterocycles. The molecule has 0 fully saturated rings. The lowest BCUT2D eigenvalue weighted by Gasteiger charge is -2.11. The molecule has 0 spiro atoms. The van der Waals surface area contributed by atoms with E-state index in [2.05, 4.69) is 6.92 Å². The average Bonchev–Trinajstić information content (AvgIpc) is 2.81. The number of esters is 1. The Labute approximate surface area is 187 Å². The summed E-state index contributed by atoms with van der Waals surface area (Å²) in [4.78, 5) is 24.7. The van der Waals surface area contributed by atoms with E-state index in [0.717, 1.165) is 12.8 Å². The Morgan fingerprint density at radius 3 is 2.31 bits per heavy atom. The fourth-order valence-electron chi connectivity index (χ4n) is 3.51. The number of ether oxygens (including phenoxy) is 2. The smallest absolute Gasteiger partial charge is 0.383 e. The van der Waals surface area contributed by atoms with Crippen LogP contribution in [0, 0.1) is 0 Å². The first-order valence-corrected chi connectivity index (χ1v) is 11.3. The lowest BCUT2D eigenvalue weighted by atomic mass is 10.1. The second-order valence-corrected chi connectivity index (χ2v) is 7.78. The van der Waals surface area contributed by atoms with Gasteiger partial charge >= 0.3 is 11.6 Å². The molecule has 3 aromatic rings. The van der Waals surface area contributed by atoms with Crippen molar-refractivity contribution in [3.05, 3.63) is 64.5 Å². The number of aromatic hydroxyl groups is 1. The topological polar surface area (TPSA) is 86.0 Å². The SMILES string of the molecule is CCCCCCCCCCOc1cccc2c(O)c(OC(=O)c3ccccc3)c(=O)oc12. The van der Waals surface area contributed by atoms with Crippen LogP contribution in [0.3, 0.4) is 0 Å². The van der Waals surface area contributed by atoms with Crippen molar-refractivity contribution in [3.63, 3.8) is 0 Å². The third-order valence-electron chi connectivity index (χ3n) is 5.29. The van der Waals surface area contributed by atoms with Crippen LogP contribution in [-0.4, -0.2) is 17.7 Å². The third kappa shape index (κ3) is 6.13. The maximum absolute atomic E-state index is 12.4. The zero-order valence-corrected chi connectivity index (χ0v) is 18.5. The van der Waals surface area contributed by atoms with Crippen LogP contribution < -0.4 is 15.1 Å². The number of benzene rings is 2. The molecule has 0 bridgehead atoms. The second kappa shape index (κ2) is 11.9. The number of para-hydroxylation sites is 1. The molecule has 1 N–H and O–H groups in total. The summed E-state index contributed by atoms with van der Waals surface area (Å²) in [5, 5.41) is 10.8. The van der Waals surface area contributed by atoms with Gasteiger partial charge in [0, 0.05) is 0 Å². The molecular weight excluding hydrogens is 408 g/mol. The largest absolute Gasteiger partial charge is 0.504 e. The van der Waals surface area contributed by atoms with Crippen molar-refractivity contribution in [1.82, 2.24) is 0 Å². The maximum atomic E-state index is 12.4. The lowest BCUT2D eigenvalue weighted by Crippen LogP contribution is -2.14. The molecular formula is C26H30O6. The number of fused-ring (bicyclic) bond motifs is 1. The van der Waals surface area contributed by atoms with Gasteiger partial charge in [0.25, 0.3) is 5.75 Å². The molecule has 0 unspecified atom stereocenters. The number of hydrogen-bond acceptors (Lipinski definition) is 6. The fourth-order valence-corrected chi connectivity index (χ4v) is 3.51. The quantitative estimate of drug-likeness (QED) is 0.205. The number of unbranched alkanes of at least 4 members (excludes halogenated alkanes) is 7. The number of rotatable bonds is 12. The Morgan fingerprint density at radius 1 is 0.906 bits per heavy atom. The molecule has 170 valence electrons. The Kier molecular flexibility index (Phi) is 8.72. The molecule has 2 aromatic carbocycles. The van der Waals surface area contributed by atoms with Gasteiger partial charge in [-0.15, -0.1) is 0 Å². The molecule has 0 aliphatic carbocycles. The zero-order chi connectivity index (χ0) is 22.8. The van der Waals surface area contributed by atoms with Crippen molar-refractivity contribution in [2.24, 2.45) is 0 Å². The first-order valence-electron chi connectivity index (χ1n) is 11.3. The molecule has 1 aromatic heterocycles. The molecule has 0 amide bonds. The predicted molar refractivity (Wildman–Crippen MR) is 124 cm³/mol. The minimum Gasteiger partial charge on any atom is -0.504 e. The number of carbonyl (C=O) groups is 1. The molecule has 6 nitrogen and oxygen atoms in total. The average molecular weight is 439 g/mol. The second-order valence-electron chi connectivity index (χ2n) is 7.78. The highest BCUT2D eigenvalue weighted by Gasteiger charge is 2.21. The molecule has 32 heavy (non-hydrogen) atoms. The van der Waals surface area contributed by atoms with Gasteiger partial charge in [0.1, 0.15) is 0 Å². The minimum atomic E-state index is -0.942. The van der Waals surface area contributed by atoms with Crippen molar-refractivity contribution < 1.29 is 23.8 Å². The van der Waals surface area contributed by atoms with E-state index < -0.39 is 23.1 Å². The van der Waals surface area contributed by atoms with Crippen LogP contribution in [0.4, 0.5) is 0 Å². The minimum absolute atomic E-state index is 0.133. The van der Waals surface area contributed by atoms with E-state index in [1.54, 1.807) is 48.5 Å². The normalized spacial score (nSPS) is 10.9. The van der Waals surface area contributed by atoms with Gasteiger partial charge in [0.15, 0.2) is 17.1 Å². The van der Waals surface area contributed by atoms with Gasteiger partial charge in [-0.2, -0.15) is 0 Å². The Balaban J connectivity index is 1.64. The first kappa shape index (κ1) is 23.4. The van der Waals surface area contributed by atoms with Gasteiger partial charge in [-0.25, -0.2) is 9.59 Å². The summed E-state index contributed by atoms with van der Waals surface area (Å²) < 4.78 is 16.3. The third-order valence-corrected chi connectivity index (χ3v) is 5.29. The lowest BCUT2D eigenvalue weighted by molar-refractivity contribution is 0.0723. The van der Waals surface area contributed by atoms with Crippen LogP contribution in [-0.2, 0) is 0 Å². The van der Waals surface area contributed by atoms with Crippen LogP contribution in [0.5, 0.6) is 17.2 Å². The van der Waals surface area contributed by atoms with Gasteiger partial charge in [-0.05, 0) is 30.7 Å². The molecule has 0 saturated heterocycles. The molecule has 0 atom stereocenters. The predicted octanol–water partition coefficient (Wildman–Crippen LogP) is 6.24. The highest BCUT2D eigenvalue weighted by molar-refractivity contribution is 5.94. The van der Waals surface area contributed by atoms with Crippen molar-refractivity contribution >= 4 is 16.9 Å². The van der Waals surface area contributed by atoms with E-state index in [9.17, 15) is 14.7 Å². The van der Waals surface area contributed by atoms with Crippen molar-refractivity contribution in [3.8, 4) is 17.2 Å². The molecule has 0 radical (unpaired) electrons. The first-order chi connectivity index (χ1) is 15.6. The van der Waals surface area contributed by atoms with Crippen LogP contribution in [0.2, 0.25) is 0 Å². The summed E-state index contributed by atoms with van der Waals surface area (Å²) in [6, 6.07) is 13.2.